The van der Waals surface area contributed by atoms with Gasteiger partial charge in [-0.05, 0) is 41.1 Å². The number of para-hydroxylation sites is 1. The molecule has 0 atom stereocenters. The van der Waals surface area contributed by atoms with Gasteiger partial charge < -0.3 is 5.11 Å². The Hall–Kier alpha value is -2.84. The first-order valence-corrected chi connectivity index (χ1v) is 9.06. The smallest absolute Gasteiger partial charge is 0.115 e. The second-order valence-corrected chi connectivity index (χ2v) is 6.57. The van der Waals surface area contributed by atoms with Crippen LogP contribution in [0.15, 0.2) is 96.4 Å². The number of aryl methyl sites for hydroxylation is 1. The van der Waals surface area contributed by atoms with Crippen molar-refractivity contribution >= 4 is 11.3 Å². The van der Waals surface area contributed by atoms with Gasteiger partial charge in [0.15, 0.2) is 0 Å². The van der Waals surface area contributed by atoms with Crippen LogP contribution in [-0.2, 0) is 0 Å². The van der Waals surface area contributed by atoms with Crippen molar-refractivity contribution in [2.24, 2.45) is 0 Å². The zero-order chi connectivity index (χ0) is 17.5. The summed E-state index contributed by atoms with van der Waals surface area (Å²) in [6.07, 6.45) is 0. The van der Waals surface area contributed by atoms with Crippen molar-refractivity contribution < 1.29 is 5.11 Å². The van der Waals surface area contributed by atoms with Crippen LogP contribution in [0.2, 0.25) is 0 Å². The Balaban J connectivity index is 0.000000219. The third-order valence-electron chi connectivity index (χ3n) is 3.83. The summed E-state index contributed by atoms with van der Waals surface area (Å²) in [5.41, 5.74) is 5.32. The summed E-state index contributed by atoms with van der Waals surface area (Å²) < 4.78 is 0. The molecule has 0 saturated heterocycles. The van der Waals surface area contributed by atoms with E-state index in [-0.39, 0.29) is 0 Å². The normalized spacial score (nSPS) is 9.96. The third-order valence-corrected chi connectivity index (χ3v) is 4.98. The van der Waals surface area contributed by atoms with E-state index < -0.39 is 0 Å². The van der Waals surface area contributed by atoms with Crippen LogP contribution in [0.25, 0.3) is 21.6 Å². The molecule has 0 aliphatic carbocycles. The molecule has 0 bridgehead atoms. The Morgan fingerprint density at radius 1 is 0.640 bits per heavy atom. The van der Waals surface area contributed by atoms with Crippen molar-refractivity contribution in [3.05, 3.63) is 102 Å². The Bertz CT molecular complexity index is 897. The van der Waals surface area contributed by atoms with Crippen molar-refractivity contribution in [2.75, 3.05) is 0 Å². The molecule has 3 aromatic carbocycles. The summed E-state index contributed by atoms with van der Waals surface area (Å²) in [6.45, 7) is 2.19. The molecule has 1 heterocycles. The first-order chi connectivity index (χ1) is 12.3. The van der Waals surface area contributed by atoms with E-state index in [9.17, 15) is 0 Å². The van der Waals surface area contributed by atoms with Gasteiger partial charge in [-0.15, -0.1) is 11.3 Å². The van der Waals surface area contributed by atoms with Gasteiger partial charge in [-0.3, -0.25) is 0 Å². The molecule has 124 valence electrons. The van der Waals surface area contributed by atoms with Crippen LogP contribution in [0.5, 0.6) is 5.75 Å². The highest BCUT2D eigenvalue weighted by Gasteiger charge is 2.11. The number of phenolic OH excluding ortho intramolecular Hbond substituents is 1. The first kappa shape index (κ1) is 17.0. The summed E-state index contributed by atoms with van der Waals surface area (Å²) in [4.78, 5) is 1.36. The largest absolute Gasteiger partial charge is 0.508 e. The average molecular weight is 344 g/mol. The monoisotopic (exact) mass is 344 g/mol. The summed E-state index contributed by atoms with van der Waals surface area (Å²) >= 11 is 1.82. The predicted octanol–water partition coefficient (Wildman–Crippen LogP) is 6.78. The van der Waals surface area contributed by atoms with Gasteiger partial charge >= 0.3 is 0 Å². The second-order valence-electron chi connectivity index (χ2n) is 5.69. The fourth-order valence-corrected chi connectivity index (χ4v) is 3.72. The van der Waals surface area contributed by atoms with Crippen LogP contribution >= 0.6 is 11.3 Å². The molecular weight excluding hydrogens is 324 g/mol. The van der Waals surface area contributed by atoms with Gasteiger partial charge in [-0.1, -0.05) is 78.9 Å². The molecule has 4 aromatic rings. The fraction of sp³-hybridized carbons (Fsp3) is 0.0435. The van der Waals surface area contributed by atoms with E-state index >= 15 is 0 Å². The number of aromatic hydroxyl groups is 1. The number of rotatable bonds is 2. The second kappa shape index (κ2) is 8.32. The quantitative estimate of drug-likeness (QED) is 0.425. The molecule has 1 aromatic heterocycles. The molecule has 4 rings (SSSR count). The summed E-state index contributed by atoms with van der Waals surface area (Å²) in [5, 5.41) is 10.9. The molecule has 0 amide bonds. The number of thiophene rings is 1. The number of benzene rings is 3. The van der Waals surface area contributed by atoms with Gasteiger partial charge in [0.25, 0.3) is 0 Å². The molecule has 1 nitrogen and oxygen atoms in total. The van der Waals surface area contributed by atoms with Crippen molar-refractivity contribution in [2.45, 2.75) is 6.92 Å². The minimum atomic E-state index is 0.322. The van der Waals surface area contributed by atoms with Crippen molar-refractivity contribution in [1.29, 1.82) is 0 Å². The zero-order valence-electron chi connectivity index (χ0n) is 14.1. The Labute approximate surface area is 152 Å². The lowest BCUT2D eigenvalue weighted by Crippen LogP contribution is -1.81. The highest BCUT2D eigenvalue weighted by atomic mass is 32.1. The van der Waals surface area contributed by atoms with Crippen LogP contribution in [0.1, 0.15) is 5.56 Å². The molecular formula is C23H20OS. The van der Waals surface area contributed by atoms with Gasteiger partial charge in [0, 0.05) is 10.4 Å². The van der Waals surface area contributed by atoms with Crippen LogP contribution in [0.4, 0.5) is 0 Å². The molecule has 0 spiro atoms. The van der Waals surface area contributed by atoms with E-state index in [1.165, 1.54) is 27.1 Å². The topological polar surface area (TPSA) is 20.2 Å². The SMILES string of the molecule is Cc1csc(-c2ccccc2)c1-c1ccccc1.Oc1ccccc1. The maximum absolute atomic E-state index is 8.63. The van der Waals surface area contributed by atoms with Gasteiger partial charge in [0.05, 0.1) is 0 Å². The Morgan fingerprint density at radius 2 is 1.12 bits per heavy atom. The molecule has 0 aliphatic heterocycles. The maximum atomic E-state index is 8.63. The van der Waals surface area contributed by atoms with Crippen molar-refractivity contribution in [3.8, 4) is 27.3 Å². The van der Waals surface area contributed by atoms with E-state index in [1.54, 1.807) is 24.3 Å². The molecule has 1 N–H and O–H groups in total. The lowest BCUT2D eigenvalue weighted by molar-refractivity contribution is 0.475. The molecule has 0 unspecified atom stereocenters. The van der Waals surface area contributed by atoms with E-state index in [4.69, 9.17) is 5.11 Å². The van der Waals surface area contributed by atoms with Crippen molar-refractivity contribution in [1.82, 2.24) is 0 Å². The van der Waals surface area contributed by atoms with Crippen LogP contribution in [0.3, 0.4) is 0 Å². The number of hydrogen-bond donors (Lipinski definition) is 1. The highest BCUT2D eigenvalue weighted by Crippen LogP contribution is 2.39. The van der Waals surface area contributed by atoms with Crippen LogP contribution < -0.4 is 0 Å². The molecule has 2 heteroatoms. The first-order valence-electron chi connectivity index (χ1n) is 8.18. The molecule has 0 saturated carbocycles. The Kier molecular flexibility index (Phi) is 5.65. The van der Waals surface area contributed by atoms with Crippen LogP contribution in [0, 0.1) is 6.92 Å². The van der Waals surface area contributed by atoms with E-state index in [0.717, 1.165) is 0 Å². The van der Waals surface area contributed by atoms with Gasteiger partial charge in [0.1, 0.15) is 5.75 Å². The molecule has 25 heavy (non-hydrogen) atoms. The minimum absolute atomic E-state index is 0.322. The van der Waals surface area contributed by atoms with E-state index in [0.29, 0.717) is 5.75 Å². The number of phenols is 1. The zero-order valence-corrected chi connectivity index (χ0v) is 14.9. The lowest BCUT2D eigenvalue weighted by Gasteiger charge is -2.06. The van der Waals surface area contributed by atoms with Gasteiger partial charge in [-0.2, -0.15) is 0 Å². The van der Waals surface area contributed by atoms with Crippen LogP contribution in [-0.4, -0.2) is 5.11 Å². The maximum Gasteiger partial charge on any atom is 0.115 e. The lowest BCUT2D eigenvalue weighted by atomic mass is 9.99. The van der Waals surface area contributed by atoms with Crippen molar-refractivity contribution in [3.63, 3.8) is 0 Å². The number of hydrogen-bond acceptors (Lipinski definition) is 2. The summed E-state index contributed by atoms with van der Waals surface area (Å²) in [5.74, 6) is 0.322. The summed E-state index contributed by atoms with van der Waals surface area (Å²) in [6, 6.07) is 29.9. The predicted molar refractivity (Wildman–Crippen MR) is 108 cm³/mol. The molecule has 0 radical (unpaired) electrons. The summed E-state index contributed by atoms with van der Waals surface area (Å²) in [7, 11) is 0. The third kappa shape index (κ3) is 4.37. The van der Waals surface area contributed by atoms with E-state index in [2.05, 4.69) is 73.0 Å². The fourth-order valence-electron chi connectivity index (χ4n) is 2.64. The molecule has 0 aliphatic rings. The standard InChI is InChI=1S/C17H14S.C6H6O/c1-13-12-18-17(15-10-6-3-7-11-15)16(13)14-8-4-2-5-9-14;7-6-4-2-1-3-5-6/h2-12H,1H3;1-5,7H. The molecule has 0 fully saturated rings. The van der Waals surface area contributed by atoms with Gasteiger partial charge in [0.2, 0.25) is 0 Å². The average Bonchev–Trinajstić information content (AvgIpc) is 3.06. The Morgan fingerprint density at radius 3 is 1.60 bits per heavy atom. The van der Waals surface area contributed by atoms with Gasteiger partial charge in [-0.25, -0.2) is 0 Å². The van der Waals surface area contributed by atoms with E-state index in [1.807, 2.05) is 17.4 Å². The highest BCUT2D eigenvalue weighted by molar-refractivity contribution is 7.14. The minimum Gasteiger partial charge on any atom is -0.508 e.